The smallest absolute Gasteiger partial charge is 0.238 e. The first-order chi connectivity index (χ1) is 13.8. The molecule has 0 bridgehead atoms. The number of aromatic nitrogens is 1. The lowest BCUT2D eigenvalue weighted by atomic mass is 10.0. The Balaban J connectivity index is 1.80. The Morgan fingerprint density at radius 2 is 2.14 bits per heavy atom. The molecule has 0 atom stereocenters. The molecular weight excluding hydrogens is 499 g/mol. The Hall–Kier alpha value is -1.48. The van der Waals surface area contributed by atoms with E-state index < -0.39 is 20.6 Å². The molecule has 0 unspecified atom stereocenters. The van der Waals surface area contributed by atoms with Gasteiger partial charge in [-0.1, -0.05) is 39.7 Å². The summed E-state index contributed by atoms with van der Waals surface area (Å²) in [6.07, 6.45) is 3.24. The molecule has 3 aromatic rings. The third kappa shape index (κ3) is 3.83. The summed E-state index contributed by atoms with van der Waals surface area (Å²) in [5.74, 6) is -0.533. The van der Waals surface area contributed by atoms with Crippen LogP contribution in [0.2, 0.25) is 5.02 Å². The summed E-state index contributed by atoms with van der Waals surface area (Å²) in [4.78, 5) is 4.10. The average molecular weight is 516 g/mol. The Morgan fingerprint density at radius 3 is 2.79 bits per heavy atom. The number of thiazole rings is 1. The van der Waals surface area contributed by atoms with E-state index in [0.29, 0.717) is 34.5 Å². The summed E-state index contributed by atoms with van der Waals surface area (Å²) in [6.45, 7) is 3.67. The summed E-state index contributed by atoms with van der Waals surface area (Å²) >= 11 is 10.9. The molecule has 4 rings (SSSR count). The maximum absolute atomic E-state index is 15.3. The van der Waals surface area contributed by atoms with E-state index in [1.165, 1.54) is 11.3 Å². The van der Waals surface area contributed by atoms with Crippen LogP contribution in [-0.4, -0.2) is 18.1 Å². The molecule has 0 saturated heterocycles. The molecule has 29 heavy (non-hydrogen) atoms. The number of benzene rings is 2. The van der Waals surface area contributed by atoms with Crippen LogP contribution < -0.4 is 4.72 Å². The highest BCUT2D eigenvalue weighted by Gasteiger charge is 2.53. The van der Waals surface area contributed by atoms with Gasteiger partial charge in [-0.3, -0.25) is 4.72 Å². The van der Waals surface area contributed by atoms with Gasteiger partial charge in [-0.2, -0.15) is 0 Å². The highest BCUT2D eigenvalue weighted by atomic mass is 79.9. The number of nitrogens with zero attached hydrogens (tertiary/aromatic N) is 1. The standard InChI is InChI=1S/C20H17BrClFN2O2S2/c1-2-5-20(6-7-20)29(26,27)25-16-10-17-19(24-11-28-17)18(23)14(16)8-12-3-4-13(21)9-15(12)22/h2-4,9-11,25H,1,5-8H2. The van der Waals surface area contributed by atoms with E-state index in [4.69, 9.17) is 11.6 Å². The normalized spacial score (nSPS) is 15.4. The van der Waals surface area contributed by atoms with Crippen LogP contribution in [0.1, 0.15) is 30.4 Å². The highest BCUT2D eigenvalue weighted by molar-refractivity contribution is 9.10. The molecule has 0 radical (unpaired) electrons. The second-order valence-corrected chi connectivity index (χ2v) is 11.4. The number of halogens is 3. The van der Waals surface area contributed by atoms with Crippen molar-refractivity contribution in [2.75, 3.05) is 4.72 Å². The van der Waals surface area contributed by atoms with Crippen molar-refractivity contribution in [3.8, 4) is 0 Å². The quantitative estimate of drug-likeness (QED) is 0.376. The van der Waals surface area contributed by atoms with Crippen molar-refractivity contribution in [3.63, 3.8) is 0 Å². The van der Waals surface area contributed by atoms with Crippen LogP contribution in [0.4, 0.5) is 10.1 Å². The average Bonchev–Trinajstić information content (AvgIpc) is 3.30. The molecule has 1 aliphatic rings. The molecule has 9 heteroatoms. The molecule has 2 aromatic carbocycles. The van der Waals surface area contributed by atoms with E-state index >= 15 is 4.39 Å². The Labute approximate surface area is 186 Å². The van der Waals surface area contributed by atoms with E-state index in [1.807, 2.05) is 6.07 Å². The Morgan fingerprint density at radius 1 is 1.38 bits per heavy atom. The van der Waals surface area contributed by atoms with Gasteiger partial charge in [0.15, 0.2) is 5.82 Å². The van der Waals surface area contributed by atoms with Crippen LogP contribution in [0.25, 0.3) is 10.2 Å². The van der Waals surface area contributed by atoms with E-state index in [2.05, 4.69) is 32.2 Å². The van der Waals surface area contributed by atoms with E-state index in [9.17, 15) is 8.42 Å². The zero-order valence-electron chi connectivity index (χ0n) is 15.2. The molecule has 152 valence electrons. The van der Waals surface area contributed by atoms with Gasteiger partial charge in [0, 0.05) is 21.5 Å². The number of hydrogen-bond acceptors (Lipinski definition) is 4. The molecule has 0 amide bonds. The predicted octanol–water partition coefficient (Wildman–Crippen LogP) is 6.29. The van der Waals surface area contributed by atoms with E-state index in [1.54, 1.807) is 29.8 Å². The van der Waals surface area contributed by atoms with Gasteiger partial charge < -0.3 is 0 Å². The van der Waals surface area contributed by atoms with Gasteiger partial charge in [0.25, 0.3) is 0 Å². The molecule has 1 aromatic heterocycles. The number of rotatable bonds is 7. The zero-order chi connectivity index (χ0) is 20.8. The molecule has 0 aliphatic heterocycles. The van der Waals surface area contributed by atoms with Gasteiger partial charge in [-0.15, -0.1) is 17.9 Å². The SMILES string of the molecule is C=CCC1(S(=O)(=O)Nc2cc3scnc3c(F)c2Cc2ccc(Br)cc2Cl)CC1. The summed E-state index contributed by atoms with van der Waals surface area (Å²) in [5.41, 5.74) is 2.92. The number of fused-ring (bicyclic) bond motifs is 1. The Kier molecular flexibility index (Phi) is 5.48. The topological polar surface area (TPSA) is 59.1 Å². The fourth-order valence-electron chi connectivity index (χ4n) is 3.36. The number of sulfonamides is 1. The first kappa shape index (κ1) is 20.8. The summed E-state index contributed by atoms with van der Waals surface area (Å²) in [5, 5.41) is 0.469. The number of hydrogen-bond donors (Lipinski definition) is 1. The lowest BCUT2D eigenvalue weighted by molar-refractivity contribution is 0.582. The molecule has 1 heterocycles. The minimum absolute atomic E-state index is 0.137. The van der Waals surface area contributed by atoms with Gasteiger partial charge in [0.1, 0.15) is 5.52 Å². The van der Waals surface area contributed by atoms with Crippen molar-refractivity contribution < 1.29 is 12.8 Å². The van der Waals surface area contributed by atoms with Crippen molar-refractivity contribution in [1.29, 1.82) is 0 Å². The lowest BCUT2D eigenvalue weighted by Gasteiger charge is -2.19. The van der Waals surface area contributed by atoms with Crippen molar-refractivity contribution >= 4 is 64.8 Å². The van der Waals surface area contributed by atoms with Gasteiger partial charge in [-0.05, 0) is 43.0 Å². The maximum atomic E-state index is 15.3. The molecule has 4 nitrogen and oxygen atoms in total. The third-order valence-corrected chi connectivity index (χ3v) is 9.01. The second-order valence-electron chi connectivity index (χ2n) is 7.11. The number of nitrogens with one attached hydrogen (secondary N) is 1. The van der Waals surface area contributed by atoms with Crippen LogP contribution in [0.3, 0.4) is 0 Å². The summed E-state index contributed by atoms with van der Waals surface area (Å²) in [6, 6.07) is 6.98. The first-order valence-corrected chi connectivity index (χ1v) is 12.4. The van der Waals surface area contributed by atoms with Crippen LogP contribution in [0.15, 0.2) is 46.9 Å². The van der Waals surface area contributed by atoms with Crippen molar-refractivity contribution in [3.05, 3.63) is 68.9 Å². The minimum atomic E-state index is -3.71. The van der Waals surface area contributed by atoms with Crippen molar-refractivity contribution in [1.82, 2.24) is 4.98 Å². The molecule has 1 aliphatic carbocycles. The first-order valence-electron chi connectivity index (χ1n) is 8.88. The van der Waals surface area contributed by atoms with Gasteiger partial charge in [-0.25, -0.2) is 17.8 Å². The van der Waals surface area contributed by atoms with Gasteiger partial charge in [0.05, 0.1) is 20.6 Å². The molecule has 1 saturated carbocycles. The second kappa shape index (κ2) is 7.65. The van der Waals surface area contributed by atoms with Crippen LogP contribution in [-0.2, 0) is 16.4 Å². The highest BCUT2D eigenvalue weighted by Crippen LogP contribution is 2.48. The fraction of sp³-hybridized carbons (Fsp3) is 0.250. The summed E-state index contributed by atoms with van der Waals surface area (Å²) < 4.78 is 44.6. The van der Waals surface area contributed by atoms with E-state index in [-0.39, 0.29) is 23.2 Å². The Bertz CT molecular complexity index is 1220. The van der Waals surface area contributed by atoms with Crippen LogP contribution in [0, 0.1) is 5.82 Å². The van der Waals surface area contributed by atoms with Gasteiger partial charge in [0.2, 0.25) is 10.0 Å². The largest absolute Gasteiger partial charge is 0.283 e. The maximum Gasteiger partial charge on any atom is 0.238 e. The predicted molar refractivity (Wildman–Crippen MR) is 121 cm³/mol. The number of allylic oxidation sites excluding steroid dienone is 1. The van der Waals surface area contributed by atoms with Gasteiger partial charge >= 0.3 is 0 Å². The van der Waals surface area contributed by atoms with Crippen LogP contribution in [0.5, 0.6) is 0 Å². The van der Waals surface area contributed by atoms with Crippen molar-refractivity contribution in [2.45, 2.75) is 30.4 Å². The van der Waals surface area contributed by atoms with Crippen LogP contribution >= 0.6 is 38.9 Å². The molecular formula is C20H17BrClFN2O2S2. The monoisotopic (exact) mass is 514 g/mol. The third-order valence-electron chi connectivity index (χ3n) is 5.19. The van der Waals surface area contributed by atoms with E-state index in [0.717, 1.165) is 4.47 Å². The molecule has 1 N–H and O–H groups in total. The molecule has 0 spiro atoms. The lowest BCUT2D eigenvalue weighted by Crippen LogP contribution is -2.29. The minimum Gasteiger partial charge on any atom is -0.283 e. The zero-order valence-corrected chi connectivity index (χ0v) is 19.2. The summed E-state index contributed by atoms with van der Waals surface area (Å²) in [7, 11) is -3.71. The molecule has 1 fully saturated rings. The van der Waals surface area contributed by atoms with Crippen molar-refractivity contribution in [2.24, 2.45) is 0 Å². The fourth-order valence-corrected chi connectivity index (χ4v) is 6.48. The number of anilines is 1.